The Morgan fingerprint density at radius 1 is 1.25 bits per heavy atom. The Morgan fingerprint density at radius 2 is 2.00 bits per heavy atom. The van der Waals surface area contributed by atoms with Crippen molar-refractivity contribution in [3.05, 3.63) is 35.9 Å². The molecule has 0 amide bonds. The van der Waals surface area contributed by atoms with Gasteiger partial charge >= 0.3 is 0 Å². The van der Waals surface area contributed by atoms with Crippen molar-refractivity contribution < 1.29 is 0 Å². The second-order valence-corrected chi connectivity index (χ2v) is 6.49. The Labute approximate surface area is 124 Å². The summed E-state index contributed by atoms with van der Waals surface area (Å²) >= 11 is 0. The topological polar surface area (TPSA) is 15.3 Å². The van der Waals surface area contributed by atoms with Crippen molar-refractivity contribution in [3.63, 3.8) is 0 Å². The largest absolute Gasteiger partial charge is 0.307 e. The van der Waals surface area contributed by atoms with Crippen LogP contribution in [0.15, 0.2) is 30.3 Å². The summed E-state index contributed by atoms with van der Waals surface area (Å²) in [6.45, 7) is 10.5. The number of nitrogens with zero attached hydrogens (tertiary/aromatic N) is 1. The van der Waals surface area contributed by atoms with Gasteiger partial charge in [-0.1, -0.05) is 57.5 Å². The minimum Gasteiger partial charge on any atom is -0.307 e. The van der Waals surface area contributed by atoms with E-state index in [9.17, 15) is 0 Å². The molecule has 2 unspecified atom stereocenters. The third-order valence-corrected chi connectivity index (χ3v) is 4.35. The average molecular weight is 274 g/mol. The molecule has 1 fully saturated rings. The Bertz CT molecular complexity index is 374. The molecule has 0 bridgehead atoms. The second kappa shape index (κ2) is 7.80. The highest BCUT2D eigenvalue weighted by Crippen LogP contribution is 2.22. The lowest BCUT2D eigenvalue weighted by Gasteiger charge is -2.41. The van der Waals surface area contributed by atoms with Crippen LogP contribution in [0.2, 0.25) is 0 Å². The predicted octanol–water partition coefficient (Wildman–Crippen LogP) is 3.85. The van der Waals surface area contributed by atoms with Crippen molar-refractivity contribution in [1.29, 1.82) is 0 Å². The average Bonchev–Trinajstić information content (AvgIpc) is 2.47. The van der Waals surface area contributed by atoms with Crippen molar-refractivity contribution >= 4 is 0 Å². The highest BCUT2D eigenvalue weighted by molar-refractivity contribution is 5.20. The van der Waals surface area contributed by atoms with E-state index in [0.717, 1.165) is 25.0 Å². The van der Waals surface area contributed by atoms with Crippen LogP contribution in [-0.4, -0.2) is 30.6 Å². The fourth-order valence-electron chi connectivity index (χ4n) is 3.08. The van der Waals surface area contributed by atoms with Gasteiger partial charge in [0.05, 0.1) is 0 Å². The highest BCUT2D eigenvalue weighted by Gasteiger charge is 2.27. The molecule has 2 nitrogen and oxygen atoms in total. The molecular formula is C18H30N2. The van der Waals surface area contributed by atoms with Crippen LogP contribution < -0.4 is 5.32 Å². The maximum Gasteiger partial charge on any atom is 0.0449 e. The van der Waals surface area contributed by atoms with Gasteiger partial charge in [-0.15, -0.1) is 0 Å². The lowest BCUT2D eigenvalue weighted by Crippen LogP contribution is -2.52. The van der Waals surface area contributed by atoms with E-state index in [1.165, 1.54) is 31.4 Å². The van der Waals surface area contributed by atoms with Crippen molar-refractivity contribution in [2.75, 3.05) is 19.6 Å². The van der Waals surface area contributed by atoms with Gasteiger partial charge in [-0.05, 0) is 30.9 Å². The van der Waals surface area contributed by atoms with E-state index >= 15 is 0 Å². The summed E-state index contributed by atoms with van der Waals surface area (Å²) in [6, 6.07) is 12.1. The van der Waals surface area contributed by atoms with Gasteiger partial charge in [0.2, 0.25) is 0 Å². The molecule has 0 aromatic heterocycles. The third kappa shape index (κ3) is 4.32. The molecule has 0 radical (unpaired) electrons. The number of rotatable bonds is 6. The molecule has 1 aromatic rings. The normalized spacial score (nSPS) is 24.2. The highest BCUT2D eigenvalue weighted by atomic mass is 15.2. The van der Waals surface area contributed by atoms with Crippen LogP contribution >= 0.6 is 0 Å². The van der Waals surface area contributed by atoms with Gasteiger partial charge in [0, 0.05) is 25.2 Å². The van der Waals surface area contributed by atoms with Crippen LogP contribution in [0.4, 0.5) is 0 Å². The first-order chi connectivity index (χ1) is 9.70. The summed E-state index contributed by atoms with van der Waals surface area (Å²) in [4.78, 5) is 2.72. The molecule has 2 rings (SSSR count). The SMILES string of the molecule is CCCC1CNC(c2ccccc2)CN1CCC(C)C. The quantitative estimate of drug-likeness (QED) is 0.847. The van der Waals surface area contributed by atoms with Crippen LogP contribution in [-0.2, 0) is 0 Å². The molecule has 1 aliphatic rings. The maximum atomic E-state index is 3.75. The first kappa shape index (κ1) is 15.5. The van der Waals surface area contributed by atoms with E-state index < -0.39 is 0 Å². The number of nitrogens with one attached hydrogen (secondary N) is 1. The molecule has 2 heteroatoms. The summed E-state index contributed by atoms with van der Waals surface area (Å²) in [6.07, 6.45) is 3.90. The van der Waals surface area contributed by atoms with E-state index in [4.69, 9.17) is 0 Å². The molecule has 2 atom stereocenters. The lowest BCUT2D eigenvalue weighted by molar-refractivity contribution is 0.117. The first-order valence-corrected chi connectivity index (χ1v) is 8.23. The molecule has 1 aliphatic heterocycles. The van der Waals surface area contributed by atoms with Crippen LogP contribution in [0.25, 0.3) is 0 Å². The van der Waals surface area contributed by atoms with Crippen LogP contribution in [0.1, 0.15) is 51.6 Å². The first-order valence-electron chi connectivity index (χ1n) is 8.23. The maximum absolute atomic E-state index is 3.75. The fourth-order valence-corrected chi connectivity index (χ4v) is 3.08. The Balaban J connectivity index is 1.99. The summed E-state index contributed by atoms with van der Waals surface area (Å²) in [5, 5.41) is 3.75. The van der Waals surface area contributed by atoms with E-state index in [2.05, 4.69) is 61.3 Å². The van der Waals surface area contributed by atoms with Crippen molar-refractivity contribution in [3.8, 4) is 0 Å². The van der Waals surface area contributed by atoms with E-state index in [0.29, 0.717) is 6.04 Å². The Kier molecular flexibility index (Phi) is 6.06. The smallest absolute Gasteiger partial charge is 0.0449 e. The van der Waals surface area contributed by atoms with E-state index in [-0.39, 0.29) is 0 Å². The molecule has 0 saturated carbocycles. The van der Waals surface area contributed by atoms with Gasteiger partial charge in [-0.25, -0.2) is 0 Å². The number of hydrogen-bond acceptors (Lipinski definition) is 2. The van der Waals surface area contributed by atoms with Gasteiger partial charge in [0.15, 0.2) is 0 Å². The Hall–Kier alpha value is -0.860. The van der Waals surface area contributed by atoms with Crippen LogP contribution in [0.5, 0.6) is 0 Å². The lowest BCUT2D eigenvalue weighted by atomic mass is 9.98. The van der Waals surface area contributed by atoms with Crippen LogP contribution in [0, 0.1) is 5.92 Å². The zero-order chi connectivity index (χ0) is 14.4. The third-order valence-electron chi connectivity index (χ3n) is 4.35. The predicted molar refractivity (Wildman–Crippen MR) is 86.9 cm³/mol. The number of hydrogen-bond donors (Lipinski definition) is 1. The summed E-state index contributed by atoms with van der Waals surface area (Å²) in [5.74, 6) is 0.794. The summed E-state index contributed by atoms with van der Waals surface area (Å²) in [7, 11) is 0. The fraction of sp³-hybridized carbons (Fsp3) is 0.667. The summed E-state index contributed by atoms with van der Waals surface area (Å²) in [5.41, 5.74) is 1.43. The van der Waals surface area contributed by atoms with Gasteiger partial charge < -0.3 is 5.32 Å². The van der Waals surface area contributed by atoms with Crippen molar-refractivity contribution in [1.82, 2.24) is 10.2 Å². The van der Waals surface area contributed by atoms with Crippen molar-refractivity contribution in [2.45, 2.75) is 52.1 Å². The molecule has 1 N–H and O–H groups in total. The van der Waals surface area contributed by atoms with Crippen molar-refractivity contribution in [2.24, 2.45) is 5.92 Å². The molecule has 0 aliphatic carbocycles. The van der Waals surface area contributed by atoms with Crippen LogP contribution in [0.3, 0.4) is 0 Å². The number of benzene rings is 1. The minimum absolute atomic E-state index is 0.497. The standard InChI is InChI=1S/C18H30N2/c1-4-8-17-13-19-18(16-9-6-5-7-10-16)14-20(17)12-11-15(2)3/h5-7,9-10,15,17-19H,4,8,11-14H2,1-3H3. The van der Waals surface area contributed by atoms with E-state index in [1.54, 1.807) is 0 Å². The second-order valence-electron chi connectivity index (χ2n) is 6.49. The monoisotopic (exact) mass is 274 g/mol. The molecule has 1 saturated heterocycles. The van der Waals surface area contributed by atoms with Gasteiger partial charge in [0.25, 0.3) is 0 Å². The summed E-state index contributed by atoms with van der Waals surface area (Å²) < 4.78 is 0. The molecule has 112 valence electrons. The van der Waals surface area contributed by atoms with E-state index in [1.807, 2.05) is 0 Å². The molecule has 1 heterocycles. The van der Waals surface area contributed by atoms with Gasteiger partial charge in [-0.2, -0.15) is 0 Å². The molecule has 1 aromatic carbocycles. The van der Waals surface area contributed by atoms with Gasteiger partial charge in [0.1, 0.15) is 0 Å². The minimum atomic E-state index is 0.497. The van der Waals surface area contributed by atoms with Gasteiger partial charge in [-0.3, -0.25) is 4.90 Å². The zero-order valence-electron chi connectivity index (χ0n) is 13.3. The molecule has 0 spiro atoms. The zero-order valence-corrected chi connectivity index (χ0v) is 13.3. The number of piperazine rings is 1. The molecule has 20 heavy (non-hydrogen) atoms. The molecular weight excluding hydrogens is 244 g/mol. The Morgan fingerprint density at radius 3 is 2.65 bits per heavy atom.